The lowest BCUT2D eigenvalue weighted by Crippen LogP contribution is -2.22. The van der Waals surface area contributed by atoms with E-state index in [1.807, 2.05) is 25.1 Å². The zero-order valence-corrected chi connectivity index (χ0v) is 11.0. The molecule has 0 spiro atoms. The second kappa shape index (κ2) is 5.19. The molecule has 0 aliphatic heterocycles. The second-order valence-electron chi connectivity index (χ2n) is 3.96. The van der Waals surface area contributed by atoms with Crippen LogP contribution in [-0.2, 0) is 6.54 Å². The van der Waals surface area contributed by atoms with E-state index in [-0.39, 0.29) is 0 Å². The van der Waals surface area contributed by atoms with E-state index in [1.54, 1.807) is 11.3 Å². The van der Waals surface area contributed by atoms with Crippen LogP contribution in [0.4, 0.5) is 11.4 Å². The molecule has 0 fully saturated rings. The summed E-state index contributed by atoms with van der Waals surface area (Å²) >= 11 is 1.70. The number of nitrogens with two attached hydrogens (primary N) is 1. The summed E-state index contributed by atoms with van der Waals surface area (Å²) in [7, 11) is 0. The van der Waals surface area contributed by atoms with Gasteiger partial charge in [-0.05, 0) is 26.0 Å². The number of benzene rings is 1. The van der Waals surface area contributed by atoms with Crippen molar-refractivity contribution in [2.75, 3.05) is 17.2 Å². The van der Waals surface area contributed by atoms with E-state index in [2.05, 4.69) is 28.3 Å². The van der Waals surface area contributed by atoms with E-state index in [9.17, 15) is 0 Å². The maximum Gasteiger partial charge on any atom is 0.112 e. The van der Waals surface area contributed by atoms with Crippen LogP contribution in [0.2, 0.25) is 0 Å². The Kier molecular flexibility index (Phi) is 3.64. The summed E-state index contributed by atoms with van der Waals surface area (Å²) in [6, 6.07) is 7.96. The number of para-hydroxylation sites is 2. The third-order valence-electron chi connectivity index (χ3n) is 2.65. The molecule has 4 heteroatoms. The van der Waals surface area contributed by atoms with Crippen LogP contribution in [0.25, 0.3) is 0 Å². The van der Waals surface area contributed by atoms with Crippen LogP contribution in [-0.4, -0.2) is 11.5 Å². The van der Waals surface area contributed by atoms with Crippen LogP contribution in [0.15, 0.2) is 29.6 Å². The lowest BCUT2D eigenvalue weighted by molar-refractivity contribution is 0.824. The highest BCUT2D eigenvalue weighted by molar-refractivity contribution is 7.09. The number of hydrogen-bond acceptors (Lipinski definition) is 4. The quantitative estimate of drug-likeness (QED) is 0.844. The zero-order chi connectivity index (χ0) is 12.3. The van der Waals surface area contributed by atoms with Crippen LogP contribution in [0, 0.1) is 6.92 Å². The number of thiazole rings is 1. The van der Waals surface area contributed by atoms with Crippen molar-refractivity contribution >= 4 is 22.7 Å². The Labute approximate surface area is 106 Å². The van der Waals surface area contributed by atoms with Crippen molar-refractivity contribution in [2.24, 2.45) is 0 Å². The van der Waals surface area contributed by atoms with E-state index in [1.165, 1.54) is 0 Å². The van der Waals surface area contributed by atoms with Crippen molar-refractivity contribution < 1.29 is 0 Å². The Bertz CT molecular complexity index is 493. The van der Waals surface area contributed by atoms with Crippen molar-refractivity contribution in [3.63, 3.8) is 0 Å². The molecule has 90 valence electrons. The Morgan fingerprint density at radius 2 is 2.12 bits per heavy atom. The van der Waals surface area contributed by atoms with Gasteiger partial charge < -0.3 is 10.6 Å². The van der Waals surface area contributed by atoms with Gasteiger partial charge in [0, 0.05) is 17.6 Å². The van der Waals surface area contributed by atoms with Gasteiger partial charge in [0.2, 0.25) is 0 Å². The second-order valence-corrected chi connectivity index (χ2v) is 4.90. The summed E-state index contributed by atoms with van der Waals surface area (Å²) in [4.78, 5) is 6.73. The molecular formula is C13H17N3S. The molecule has 0 aliphatic carbocycles. The fourth-order valence-electron chi connectivity index (χ4n) is 1.78. The topological polar surface area (TPSA) is 42.2 Å². The molecule has 1 heterocycles. The van der Waals surface area contributed by atoms with Gasteiger partial charge in [-0.15, -0.1) is 11.3 Å². The first-order valence-corrected chi connectivity index (χ1v) is 6.59. The molecule has 2 N–H and O–H groups in total. The average molecular weight is 247 g/mol. The van der Waals surface area contributed by atoms with E-state index in [4.69, 9.17) is 5.73 Å². The Hall–Kier alpha value is -1.55. The molecule has 1 aromatic heterocycles. The zero-order valence-electron chi connectivity index (χ0n) is 10.2. The molecule has 0 bridgehead atoms. The third kappa shape index (κ3) is 2.77. The third-order valence-corrected chi connectivity index (χ3v) is 3.60. The summed E-state index contributed by atoms with van der Waals surface area (Å²) in [5.41, 5.74) is 8.99. The van der Waals surface area contributed by atoms with Gasteiger partial charge in [0.15, 0.2) is 0 Å². The predicted octanol–water partition coefficient (Wildman–Crippen LogP) is 3.06. The van der Waals surface area contributed by atoms with Gasteiger partial charge in [0.05, 0.1) is 17.9 Å². The van der Waals surface area contributed by atoms with E-state index >= 15 is 0 Å². The standard InChI is InChI=1S/C13H17N3S/c1-3-16(8-13-15-10(2)9-17-13)12-7-5-4-6-11(12)14/h4-7,9H,3,8,14H2,1-2H3. The largest absolute Gasteiger partial charge is 0.397 e. The first-order valence-electron chi connectivity index (χ1n) is 5.71. The molecule has 0 aliphatic rings. The molecule has 0 saturated carbocycles. The predicted molar refractivity (Wildman–Crippen MR) is 74.4 cm³/mol. The van der Waals surface area contributed by atoms with E-state index in [0.717, 1.165) is 35.2 Å². The van der Waals surface area contributed by atoms with Crippen LogP contribution in [0.3, 0.4) is 0 Å². The van der Waals surface area contributed by atoms with Gasteiger partial charge >= 0.3 is 0 Å². The number of aryl methyl sites for hydroxylation is 1. The first-order chi connectivity index (χ1) is 8.20. The number of aromatic nitrogens is 1. The molecule has 3 nitrogen and oxygen atoms in total. The van der Waals surface area contributed by atoms with E-state index < -0.39 is 0 Å². The fourth-order valence-corrected chi connectivity index (χ4v) is 2.57. The molecule has 2 aromatic rings. The molecule has 1 aromatic carbocycles. The van der Waals surface area contributed by atoms with Crippen LogP contribution in [0.5, 0.6) is 0 Å². The highest BCUT2D eigenvalue weighted by Crippen LogP contribution is 2.24. The molecule has 0 radical (unpaired) electrons. The highest BCUT2D eigenvalue weighted by Gasteiger charge is 2.09. The first kappa shape index (κ1) is 11.9. The Balaban J connectivity index is 2.20. The van der Waals surface area contributed by atoms with E-state index in [0.29, 0.717) is 0 Å². The molecule has 0 saturated heterocycles. The number of hydrogen-bond donors (Lipinski definition) is 1. The van der Waals surface area contributed by atoms with Crippen molar-refractivity contribution in [1.29, 1.82) is 0 Å². The smallest absolute Gasteiger partial charge is 0.112 e. The number of nitrogen functional groups attached to an aromatic ring is 1. The van der Waals surface area contributed by atoms with Crippen molar-refractivity contribution in [3.8, 4) is 0 Å². The average Bonchev–Trinajstić information content (AvgIpc) is 2.73. The minimum Gasteiger partial charge on any atom is -0.397 e. The SMILES string of the molecule is CCN(Cc1nc(C)cs1)c1ccccc1N. The van der Waals surface area contributed by atoms with Gasteiger partial charge in [-0.1, -0.05) is 12.1 Å². The van der Waals surface area contributed by atoms with Gasteiger partial charge in [-0.2, -0.15) is 0 Å². The molecule has 0 unspecified atom stereocenters. The van der Waals surface area contributed by atoms with Crippen molar-refractivity contribution in [2.45, 2.75) is 20.4 Å². The van der Waals surface area contributed by atoms with Gasteiger partial charge in [-0.3, -0.25) is 0 Å². The summed E-state index contributed by atoms with van der Waals surface area (Å²) in [6.45, 7) is 5.90. The minimum absolute atomic E-state index is 0.822. The highest BCUT2D eigenvalue weighted by atomic mass is 32.1. The summed E-state index contributed by atoms with van der Waals surface area (Å²) < 4.78 is 0. The van der Waals surface area contributed by atoms with Crippen molar-refractivity contribution in [3.05, 3.63) is 40.3 Å². The Morgan fingerprint density at radius 3 is 2.71 bits per heavy atom. The molecule has 0 atom stereocenters. The van der Waals surface area contributed by atoms with Gasteiger partial charge in [0.1, 0.15) is 5.01 Å². The maximum atomic E-state index is 6.00. The summed E-state index contributed by atoms with van der Waals surface area (Å²) in [5.74, 6) is 0. The summed E-state index contributed by atoms with van der Waals surface area (Å²) in [6.07, 6.45) is 0. The fraction of sp³-hybridized carbons (Fsp3) is 0.308. The van der Waals surface area contributed by atoms with Crippen LogP contribution < -0.4 is 10.6 Å². The van der Waals surface area contributed by atoms with Gasteiger partial charge in [-0.25, -0.2) is 4.98 Å². The lowest BCUT2D eigenvalue weighted by atomic mass is 10.2. The normalized spacial score (nSPS) is 10.5. The number of nitrogens with zero attached hydrogens (tertiary/aromatic N) is 2. The Morgan fingerprint density at radius 1 is 1.35 bits per heavy atom. The number of anilines is 2. The molecule has 17 heavy (non-hydrogen) atoms. The molecule has 0 amide bonds. The van der Waals surface area contributed by atoms with Gasteiger partial charge in [0.25, 0.3) is 0 Å². The van der Waals surface area contributed by atoms with Crippen LogP contribution >= 0.6 is 11.3 Å². The molecule has 2 rings (SSSR count). The maximum absolute atomic E-state index is 6.00. The monoisotopic (exact) mass is 247 g/mol. The molecular weight excluding hydrogens is 230 g/mol. The van der Waals surface area contributed by atoms with Crippen molar-refractivity contribution in [1.82, 2.24) is 4.98 Å². The summed E-state index contributed by atoms with van der Waals surface area (Å²) in [5, 5.41) is 3.21. The number of rotatable bonds is 4. The lowest BCUT2D eigenvalue weighted by Gasteiger charge is -2.23. The van der Waals surface area contributed by atoms with Crippen LogP contribution in [0.1, 0.15) is 17.6 Å². The minimum atomic E-state index is 0.822.